The topological polar surface area (TPSA) is 56.5 Å². The van der Waals surface area contributed by atoms with Gasteiger partial charge in [-0.2, -0.15) is 5.26 Å². The Morgan fingerprint density at radius 3 is 2.62 bits per heavy atom. The Hall–Kier alpha value is -0.630. The molecule has 0 aromatic heterocycles. The molecule has 0 rings (SSSR count). The number of aliphatic hydroxyl groups is 1. The van der Waals surface area contributed by atoms with Crippen LogP contribution < -0.4 is 0 Å². The zero-order valence-electron chi connectivity index (χ0n) is 8.36. The van der Waals surface area contributed by atoms with Crippen LogP contribution >= 0.6 is 0 Å². The van der Waals surface area contributed by atoms with Gasteiger partial charge in [0, 0.05) is 12.6 Å². The van der Waals surface area contributed by atoms with E-state index in [4.69, 9.17) is 15.1 Å². The highest BCUT2D eigenvalue weighted by molar-refractivity contribution is 4.78. The van der Waals surface area contributed by atoms with Crippen molar-refractivity contribution in [2.45, 2.75) is 19.9 Å². The molecule has 1 N–H and O–H groups in total. The van der Waals surface area contributed by atoms with E-state index in [1.807, 2.05) is 18.7 Å². The summed E-state index contributed by atoms with van der Waals surface area (Å²) in [4.78, 5) is 2.03. The van der Waals surface area contributed by atoms with E-state index >= 15 is 0 Å². The lowest BCUT2D eigenvalue weighted by molar-refractivity contribution is 0.0703. The fourth-order valence-electron chi connectivity index (χ4n) is 0.959. The van der Waals surface area contributed by atoms with Crippen molar-refractivity contribution in [2.24, 2.45) is 0 Å². The van der Waals surface area contributed by atoms with Crippen LogP contribution in [0.2, 0.25) is 0 Å². The van der Waals surface area contributed by atoms with E-state index < -0.39 is 0 Å². The van der Waals surface area contributed by atoms with Crippen LogP contribution in [0.5, 0.6) is 0 Å². The molecule has 0 heterocycles. The van der Waals surface area contributed by atoms with Crippen molar-refractivity contribution in [3.8, 4) is 6.07 Å². The second kappa shape index (κ2) is 7.99. The van der Waals surface area contributed by atoms with Crippen molar-refractivity contribution < 1.29 is 9.84 Å². The molecule has 0 unspecified atom stereocenters. The molecule has 0 saturated heterocycles. The summed E-state index contributed by atoms with van der Waals surface area (Å²) in [6.07, 6.45) is 0. The highest BCUT2D eigenvalue weighted by Gasteiger charge is 2.07. The Kier molecular flexibility index (Phi) is 7.60. The van der Waals surface area contributed by atoms with Crippen molar-refractivity contribution in [3.05, 3.63) is 0 Å². The van der Waals surface area contributed by atoms with Crippen LogP contribution in [0.4, 0.5) is 0 Å². The van der Waals surface area contributed by atoms with E-state index in [0.717, 1.165) is 6.54 Å². The van der Waals surface area contributed by atoms with Crippen LogP contribution in [0, 0.1) is 11.3 Å². The molecule has 0 spiro atoms. The molecule has 0 aliphatic carbocycles. The normalized spacial score (nSPS) is 10.8. The fraction of sp³-hybridized carbons (Fsp3) is 0.889. The molecule has 0 aromatic rings. The van der Waals surface area contributed by atoms with Gasteiger partial charge >= 0.3 is 0 Å². The van der Waals surface area contributed by atoms with E-state index in [1.165, 1.54) is 0 Å². The first-order valence-corrected chi connectivity index (χ1v) is 4.52. The number of rotatable bonds is 7. The third-order valence-corrected chi connectivity index (χ3v) is 1.76. The van der Waals surface area contributed by atoms with Crippen LogP contribution in [-0.2, 0) is 4.74 Å². The number of hydrogen-bond donors (Lipinski definition) is 1. The van der Waals surface area contributed by atoms with E-state index in [9.17, 15) is 0 Å². The average molecular weight is 186 g/mol. The summed E-state index contributed by atoms with van der Waals surface area (Å²) >= 11 is 0. The third kappa shape index (κ3) is 6.52. The molecule has 4 heteroatoms. The molecule has 0 aromatic carbocycles. The van der Waals surface area contributed by atoms with Crippen LogP contribution in [0.1, 0.15) is 13.8 Å². The zero-order valence-corrected chi connectivity index (χ0v) is 8.36. The molecule has 0 fully saturated rings. The van der Waals surface area contributed by atoms with Gasteiger partial charge in [-0.1, -0.05) is 0 Å². The minimum Gasteiger partial charge on any atom is -0.394 e. The Balaban J connectivity index is 3.52. The lowest BCUT2D eigenvalue weighted by Crippen LogP contribution is -2.34. The Morgan fingerprint density at radius 1 is 1.46 bits per heavy atom. The van der Waals surface area contributed by atoms with Crippen LogP contribution in [-0.4, -0.2) is 49.0 Å². The zero-order chi connectivity index (χ0) is 10.1. The predicted octanol–water partition coefficient (Wildman–Crippen LogP) is 0.229. The molecule has 0 aliphatic rings. The van der Waals surface area contributed by atoms with E-state index in [1.54, 1.807) is 0 Å². The summed E-state index contributed by atoms with van der Waals surface area (Å²) in [5, 5.41) is 17.0. The van der Waals surface area contributed by atoms with Crippen LogP contribution in [0.15, 0.2) is 0 Å². The third-order valence-electron chi connectivity index (χ3n) is 1.76. The van der Waals surface area contributed by atoms with E-state index in [0.29, 0.717) is 25.8 Å². The summed E-state index contributed by atoms with van der Waals surface area (Å²) in [7, 11) is 0. The number of ether oxygens (including phenoxy) is 1. The fourth-order valence-corrected chi connectivity index (χ4v) is 0.959. The minimum atomic E-state index is 0.0555. The maximum atomic E-state index is 8.52. The molecular weight excluding hydrogens is 168 g/mol. The minimum absolute atomic E-state index is 0.0555. The summed E-state index contributed by atoms with van der Waals surface area (Å²) < 4.78 is 5.11. The Bertz CT molecular complexity index is 154. The summed E-state index contributed by atoms with van der Waals surface area (Å²) in [5.74, 6) is 0. The molecule has 0 saturated carbocycles. The Labute approximate surface area is 79.7 Å². The second-order valence-corrected chi connectivity index (χ2v) is 3.06. The van der Waals surface area contributed by atoms with Crippen LogP contribution in [0.25, 0.3) is 0 Å². The van der Waals surface area contributed by atoms with Gasteiger partial charge in [-0.05, 0) is 13.8 Å². The van der Waals surface area contributed by atoms with Gasteiger partial charge in [0.25, 0.3) is 0 Å². The monoisotopic (exact) mass is 186 g/mol. The summed E-state index contributed by atoms with van der Waals surface area (Å²) in [6, 6.07) is 2.47. The second-order valence-electron chi connectivity index (χ2n) is 3.06. The highest BCUT2D eigenvalue weighted by Crippen LogP contribution is 1.96. The SMILES string of the molecule is CC(C)N(CC#N)CCOCCO. The highest BCUT2D eigenvalue weighted by atomic mass is 16.5. The first-order valence-electron chi connectivity index (χ1n) is 4.52. The summed E-state index contributed by atoms with van der Waals surface area (Å²) in [6.45, 7) is 6.26. The van der Waals surface area contributed by atoms with Crippen molar-refractivity contribution in [3.63, 3.8) is 0 Å². The van der Waals surface area contributed by atoms with Crippen molar-refractivity contribution in [1.29, 1.82) is 5.26 Å². The first-order chi connectivity index (χ1) is 6.22. The molecule has 13 heavy (non-hydrogen) atoms. The molecule has 0 atom stereocenters. The average Bonchev–Trinajstić information content (AvgIpc) is 2.10. The standard InChI is InChI=1S/C9H18N2O2/c1-9(2)11(4-3-10)5-7-13-8-6-12/h9,12H,4-8H2,1-2H3. The van der Waals surface area contributed by atoms with Crippen LogP contribution in [0.3, 0.4) is 0 Å². The molecule has 0 amide bonds. The van der Waals surface area contributed by atoms with E-state index in [2.05, 4.69) is 6.07 Å². The maximum Gasteiger partial charge on any atom is 0.0868 e. The largest absolute Gasteiger partial charge is 0.394 e. The lowest BCUT2D eigenvalue weighted by atomic mass is 10.3. The van der Waals surface area contributed by atoms with Gasteiger partial charge in [-0.15, -0.1) is 0 Å². The predicted molar refractivity (Wildman–Crippen MR) is 50.2 cm³/mol. The Morgan fingerprint density at radius 2 is 2.15 bits per heavy atom. The van der Waals surface area contributed by atoms with Crippen molar-refractivity contribution in [2.75, 3.05) is 32.9 Å². The smallest absolute Gasteiger partial charge is 0.0868 e. The maximum absolute atomic E-state index is 8.52. The molecule has 76 valence electrons. The summed E-state index contributed by atoms with van der Waals surface area (Å²) in [5.41, 5.74) is 0. The molecule has 4 nitrogen and oxygen atoms in total. The van der Waals surface area contributed by atoms with Gasteiger partial charge in [0.05, 0.1) is 32.4 Å². The number of nitrogens with zero attached hydrogens (tertiary/aromatic N) is 2. The number of aliphatic hydroxyl groups excluding tert-OH is 1. The number of hydrogen-bond acceptors (Lipinski definition) is 4. The van der Waals surface area contributed by atoms with Gasteiger partial charge in [0.2, 0.25) is 0 Å². The van der Waals surface area contributed by atoms with E-state index in [-0.39, 0.29) is 6.61 Å². The van der Waals surface area contributed by atoms with Gasteiger partial charge in [-0.3, -0.25) is 4.90 Å². The van der Waals surface area contributed by atoms with Gasteiger partial charge in [-0.25, -0.2) is 0 Å². The van der Waals surface area contributed by atoms with Crippen molar-refractivity contribution >= 4 is 0 Å². The number of nitriles is 1. The first kappa shape index (κ1) is 12.4. The molecule has 0 radical (unpaired) electrons. The van der Waals surface area contributed by atoms with Gasteiger partial charge in [0.1, 0.15) is 0 Å². The molecular formula is C9H18N2O2. The quantitative estimate of drug-likeness (QED) is 0.457. The molecule has 0 aliphatic heterocycles. The van der Waals surface area contributed by atoms with Gasteiger partial charge < -0.3 is 9.84 Å². The van der Waals surface area contributed by atoms with Gasteiger partial charge in [0.15, 0.2) is 0 Å². The van der Waals surface area contributed by atoms with Crippen molar-refractivity contribution in [1.82, 2.24) is 4.90 Å². The lowest BCUT2D eigenvalue weighted by Gasteiger charge is -2.22. The molecule has 0 bridgehead atoms.